The highest BCUT2D eigenvalue weighted by Gasteiger charge is 2.30. The van der Waals surface area contributed by atoms with Crippen LogP contribution < -0.4 is 10.1 Å². The Morgan fingerprint density at radius 1 is 1.03 bits per heavy atom. The summed E-state index contributed by atoms with van der Waals surface area (Å²) in [7, 11) is 3.33. The first-order chi connectivity index (χ1) is 17.1. The lowest BCUT2D eigenvalue weighted by atomic mass is 9.75. The molecule has 0 spiro atoms. The van der Waals surface area contributed by atoms with Crippen LogP contribution in [0.5, 0.6) is 5.75 Å². The van der Waals surface area contributed by atoms with Crippen molar-refractivity contribution in [3.63, 3.8) is 0 Å². The zero-order valence-electron chi connectivity index (χ0n) is 19.9. The molecular weight excluding hydrogens is 447 g/mol. The summed E-state index contributed by atoms with van der Waals surface area (Å²) < 4.78 is 30.5. The molecule has 1 fully saturated rings. The largest absolute Gasteiger partial charge is 0.497 e. The van der Waals surface area contributed by atoms with Gasteiger partial charge < -0.3 is 19.2 Å². The number of fused-ring (bicyclic) bond motifs is 1. The zero-order valence-corrected chi connectivity index (χ0v) is 19.9. The molecule has 2 heterocycles. The Morgan fingerprint density at radius 2 is 1.83 bits per heavy atom. The van der Waals surface area contributed by atoms with E-state index in [0.29, 0.717) is 30.3 Å². The number of nitrogens with zero attached hydrogens (tertiary/aromatic N) is 3. The van der Waals surface area contributed by atoms with E-state index in [9.17, 15) is 4.39 Å². The molecule has 0 amide bonds. The standard InChI is InChI=1S/C27H29FN4O3/c1-33-16-25(30-27-32-31-26(35-27)19-7-10-21(34-2)11-8-19)18-5-3-17(4-6-18)22-13-14-29-24-12-9-20(28)15-23(22)24/h7-15,17-18,25H,3-6,16H2,1-2H3,(H,30,32)/t17-,18+,25?. The molecule has 2 aromatic heterocycles. The number of nitrogens with one attached hydrogen (secondary N) is 1. The van der Waals surface area contributed by atoms with E-state index >= 15 is 0 Å². The summed E-state index contributed by atoms with van der Waals surface area (Å²) in [4.78, 5) is 4.40. The van der Waals surface area contributed by atoms with Crippen LogP contribution in [0.1, 0.15) is 37.2 Å². The predicted molar refractivity (Wildman–Crippen MR) is 132 cm³/mol. The highest BCUT2D eigenvalue weighted by molar-refractivity contribution is 5.82. The lowest BCUT2D eigenvalue weighted by Gasteiger charge is -2.34. The number of aromatic nitrogens is 3. The van der Waals surface area contributed by atoms with Crippen molar-refractivity contribution < 1.29 is 18.3 Å². The third-order valence-corrected chi connectivity index (χ3v) is 6.94. The Balaban J connectivity index is 1.26. The molecule has 35 heavy (non-hydrogen) atoms. The van der Waals surface area contributed by atoms with Crippen LogP contribution in [0, 0.1) is 11.7 Å². The van der Waals surface area contributed by atoms with Crippen LogP contribution in [0.15, 0.2) is 59.1 Å². The van der Waals surface area contributed by atoms with Crippen LogP contribution >= 0.6 is 0 Å². The van der Waals surface area contributed by atoms with Crippen molar-refractivity contribution in [1.29, 1.82) is 0 Å². The zero-order chi connectivity index (χ0) is 24.2. The van der Waals surface area contributed by atoms with E-state index in [1.807, 2.05) is 36.5 Å². The SMILES string of the molecule is COCC(Nc1nnc(-c2ccc(OC)cc2)o1)[C@H]1CC[C@@H](c2ccnc3ccc(F)cc32)CC1. The number of anilines is 1. The van der Waals surface area contributed by atoms with Gasteiger partial charge in [0.25, 0.3) is 0 Å². The molecular formula is C27H29FN4O3. The van der Waals surface area contributed by atoms with Crippen LogP contribution in [0.2, 0.25) is 0 Å². The molecule has 1 saturated carbocycles. The number of hydrogen-bond acceptors (Lipinski definition) is 7. The second-order valence-corrected chi connectivity index (χ2v) is 9.02. The molecule has 1 atom stereocenters. The summed E-state index contributed by atoms with van der Waals surface area (Å²) in [6, 6.07) is 14.8. The van der Waals surface area contributed by atoms with E-state index in [-0.39, 0.29) is 11.9 Å². The number of methoxy groups -OCH3 is 2. The normalized spacial score (nSPS) is 18.9. The van der Waals surface area contributed by atoms with E-state index in [4.69, 9.17) is 13.9 Å². The number of hydrogen-bond donors (Lipinski definition) is 1. The summed E-state index contributed by atoms with van der Waals surface area (Å²) >= 11 is 0. The van der Waals surface area contributed by atoms with Crippen molar-refractivity contribution in [2.24, 2.45) is 5.92 Å². The van der Waals surface area contributed by atoms with Crippen molar-refractivity contribution >= 4 is 16.9 Å². The second-order valence-electron chi connectivity index (χ2n) is 9.02. The summed E-state index contributed by atoms with van der Waals surface area (Å²) in [5.74, 6) is 1.77. The monoisotopic (exact) mass is 476 g/mol. The van der Waals surface area contributed by atoms with Gasteiger partial charge in [0.05, 0.1) is 25.3 Å². The summed E-state index contributed by atoms with van der Waals surface area (Å²) in [6.07, 6.45) is 5.90. The average Bonchev–Trinajstić information content (AvgIpc) is 3.37. The number of rotatable bonds is 8. The molecule has 5 rings (SSSR count). The van der Waals surface area contributed by atoms with E-state index in [1.165, 1.54) is 11.6 Å². The summed E-state index contributed by atoms with van der Waals surface area (Å²) in [5.41, 5.74) is 2.86. The molecule has 8 heteroatoms. The number of halogens is 1. The molecule has 0 bridgehead atoms. The maximum Gasteiger partial charge on any atom is 0.316 e. The first kappa shape index (κ1) is 23.2. The third-order valence-electron chi connectivity index (χ3n) is 6.94. The first-order valence-corrected chi connectivity index (χ1v) is 11.9. The van der Waals surface area contributed by atoms with Crippen molar-refractivity contribution in [1.82, 2.24) is 15.2 Å². The fraction of sp³-hybridized carbons (Fsp3) is 0.370. The molecule has 1 aliphatic rings. The molecule has 1 unspecified atom stereocenters. The molecule has 0 saturated heterocycles. The Morgan fingerprint density at radius 3 is 2.57 bits per heavy atom. The second kappa shape index (κ2) is 10.4. The molecule has 2 aromatic carbocycles. The minimum Gasteiger partial charge on any atom is -0.497 e. The topological polar surface area (TPSA) is 82.3 Å². The van der Waals surface area contributed by atoms with Gasteiger partial charge in [-0.05, 0) is 91.6 Å². The number of benzene rings is 2. The Hall–Kier alpha value is -3.52. The van der Waals surface area contributed by atoms with Crippen LogP contribution in [0.25, 0.3) is 22.4 Å². The summed E-state index contributed by atoms with van der Waals surface area (Å²) in [6.45, 7) is 0.541. The lowest BCUT2D eigenvalue weighted by molar-refractivity contribution is 0.148. The van der Waals surface area contributed by atoms with Gasteiger partial charge in [0.2, 0.25) is 5.89 Å². The van der Waals surface area contributed by atoms with Gasteiger partial charge in [-0.3, -0.25) is 4.98 Å². The highest BCUT2D eigenvalue weighted by atomic mass is 19.1. The van der Waals surface area contributed by atoms with E-state index in [0.717, 1.165) is 47.9 Å². The van der Waals surface area contributed by atoms with Gasteiger partial charge in [-0.1, -0.05) is 5.10 Å². The first-order valence-electron chi connectivity index (χ1n) is 11.9. The quantitative estimate of drug-likeness (QED) is 0.342. The molecule has 0 radical (unpaired) electrons. The molecule has 0 aliphatic heterocycles. The highest BCUT2D eigenvalue weighted by Crippen LogP contribution is 2.40. The molecule has 1 aliphatic carbocycles. The van der Waals surface area contributed by atoms with Crippen LogP contribution in [0.4, 0.5) is 10.4 Å². The van der Waals surface area contributed by atoms with Gasteiger partial charge in [-0.2, -0.15) is 0 Å². The van der Waals surface area contributed by atoms with Gasteiger partial charge in [0, 0.05) is 24.3 Å². The number of ether oxygens (including phenoxy) is 2. The van der Waals surface area contributed by atoms with Crippen molar-refractivity contribution in [3.05, 3.63) is 66.1 Å². The van der Waals surface area contributed by atoms with Gasteiger partial charge in [-0.15, -0.1) is 5.10 Å². The smallest absolute Gasteiger partial charge is 0.316 e. The molecule has 7 nitrogen and oxygen atoms in total. The van der Waals surface area contributed by atoms with Crippen LogP contribution in [-0.4, -0.2) is 42.0 Å². The van der Waals surface area contributed by atoms with E-state index in [2.05, 4.69) is 20.5 Å². The van der Waals surface area contributed by atoms with Crippen molar-refractivity contribution in [2.75, 3.05) is 26.1 Å². The molecule has 4 aromatic rings. The predicted octanol–water partition coefficient (Wildman–Crippen LogP) is 5.83. The van der Waals surface area contributed by atoms with Gasteiger partial charge >= 0.3 is 6.01 Å². The maximum atomic E-state index is 13.9. The minimum absolute atomic E-state index is 0.0525. The van der Waals surface area contributed by atoms with Crippen LogP contribution in [0.3, 0.4) is 0 Å². The van der Waals surface area contributed by atoms with Crippen molar-refractivity contribution in [2.45, 2.75) is 37.6 Å². The van der Waals surface area contributed by atoms with Crippen molar-refractivity contribution in [3.8, 4) is 17.2 Å². The van der Waals surface area contributed by atoms with Gasteiger partial charge in [-0.25, -0.2) is 4.39 Å². The Bertz CT molecular complexity index is 1270. The third kappa shape index (κ3) is 5.12. The minimum atomic E-state index is -0.224. The van der Waals surface area contributed by atoms with E-state index in [1.54, 1.807) is 26.4 Å². The fourth-order valence-electron chi connectivity index (χ4n) is 5.09. The molecule has 1 N–H and O–H groups in total. The van der Waals surface area contributed by atoms with Gasteiger partial charge in [0.15, 0.2) is 0 Å². The maximum absolute atomic E-state index is 13.9. The lowest BCUT2D eigenvalue weighted by Crippen LogP contribution is -2.35. The fourth-order valence-corrected chi connectivity index (χ4v) is 5.09. The summed E-state index contributed by atoms with van der Waals surface area (Å²) in [5, 5.41) is 12.7. The average molecular weight is 477 g/mol. The van der Waals surface area contributed by atoms with E-state index < -0.39 is 0 Å². The number of pyridine rings is 1. The van der Waals surface area contributed by atoms with Crippen LogP contribution in [-0.2, 0) is 4.74 Å². The van der Waals surface area contributed by atoms with Gasteiger partial charge in [0.1, 0.15) is 11.6 Å². The Kier molecular flexibility index (Phi) is 6.90. The molecule has 182 valence electrons. The Labute approximate surface area is 203 Å².